The molecule has 0 saturated carbocycles. The number of hydrogen-bond donors (Lipinski definition) is 2. The summed E-state index contributed by atoms with van der Waals surface area (Å²) in [6.45, 7) is 8.50. The lowest BCUT2D eigenvalue weighted by molar-refractivity contribution is 0.208. The lowest BCUT2D eigenvalue weighted by Crippen LogP contribution is -2.37. The molecule has 0 aliphatic carbocycles. The summed E-state index contributed by atoms with van der Waals surface area (Å²) in [6.07, 6.45) is 2.17. The Balaban J connectivity index is 2.30. The Labute approximate surface area is 121 Å². The van der Waals surface area contributed by atoms with Gasteiger partial charge in [-0.15, -0.1) is 0 Å². The number of piperidine rings is 1. The Kier molecular flexibility index (Phi) is 4.66. The maximum Gasteiger partial charge on any atom is 0.129 e. The van der Waals surface area contributed by atoms with Crippen LogP contribution in [0.1, 0.15) is 44.9 Å². The van der Waals surface area contributed by atoms with E-state index in [9.17, 15) is 10.2 Å². The number of rotatable bonds is 3. The first-order valence-electron chi connectivity index (χ1n) is 7.42. The van der Waals surface area contributed by atoms with E-state index in [4.69, 9.17) is 4.98 Å². The molecule has 1 aliphatic heterocycles. The predicted octanol–water partition coefficient (Wildman–Crippen LogP) is 2.08. The van der Waals surface area contributed by atoms with E-state index in [0.29, 0.717) is 5.92 Å². The van der Waals surface area contributed by atoms with Crippen LogP contribution in [0.4, 0.5) is 5.82 Å². The average molecular weight is 278 g/mol. The molecule has 1 aromatic heterocycles. The molecule has 1 aromatic rings. The Morgan fingerprint density at radius 2 is 2.05 bits per heavy atom. The van der Waals surface area contributed by atoms with Gasteiger partial charge in [-0.25, -0.2) is 4.98 Å². The van der Waals surface area contributed by atoms with Crippen LogP contribution in [-0.4, -0.2) is 34.9 Å². The number of hydrogen-bond acceptors (Lipinski definition) is 4. The van der Waals surface area contributed by atoms with Crippen LogP contribution < -0.4 is 4.90 Å². The fraction of sp³-hybridized carbons (Fsp3) is 0.688. The van der Waals surface area contributed by atoms with Crippen molar-refractivity contribution in [3.63, 3.8) is 0 Å². The van der Waals surface area contributed by atoms with Gasteiger partial charge in [0.1, 0.15) is 5.82 Å². The molecule has 4 heteroatoms. The molecule has 1 atom stereocenters. The average Bonchev–Trinajstić information content (AvgIpc) is 2.46. The summed E-state index contributed by atoms with van der Waals surface area (Å²) in [6, 6.07) is 3.95. The molecule has 0 aromatic carbocycles. The van der Waals surface area contributed by atoms with Crippen molar-refractivity contribution in [2.24, 2.45) is 5.92 Å². The number of nitrogens with zero attached hydrogens (tertiary/aromatic N) is 2. The van der Waals surface area contributed by atoms with Crippen molar-refractivity contribution in [2.75, 3.05) is 24.6 Å². The second-order valence-corrected chi connectivity index (χ2v) is 6.76. The molecular formula is C16H26N2O2. The zero-order chi connectivity index (χ0) is 14.8. The van der Waals surface area contributed by atoms with E-state index < -0.39 is 0 Å². The second kappa shape index (κ2) is 6.10. The molecule has 0 spiro atoms. The smallest absolute Gasteiger partial charge is 0.129 e. The summed E-state index contributed by atoms with van der Waals surface area (Å²) >= 11 is 0. The van der Waals surface area contributed by atoms with Crippen molar-refractivity contribution < 1.29 is 10.2 Å². The van der Waals surface area contributed by atoms with Crippen molar-refractivity contribution in [2.45, 2.75) is 45.6 Å². The standard InChI is InChI=1S/C16H26N2O2/c1-16(2,3)14-7-13(11-20)8-15(17-14)18-6-4-5-12(9-18)10-19/h7-8,12,19-20H,4-6,9-11H2,1-3H3. The molecule has 20 heavy (non-hydrogen) atoms. The SMILES string of the molecule is CC(C)(C)c1cc(CO)cc(N2CCCC(CO)C2)n1. The number of pyridine rings is 1. The van der Waals surface area contributed by atoms with Crippen LogP contribution in [0.15, 0.2) is 12.1 Å². The number of anilines is 1. The van der Waals surface area contributed by atoms with Gasteiger partial charge >= 0.3 is 0 Å². The summed E-state index contributed by atoms with van der Waals surface area (Å²) < 4.78 is 0. The molecule has 4 nitrogen and oxygen atoms in total. The largest absolute Gasteiger partial charge is 0.396 e. The van der Waals surface area contributed by atoms with Gasteiger partial charge in [-0.1, -0.05) is 20.8 Å². The van der Waals surface area contributed by atoms with E-state index in [1.165, 1.54) is 0 Å². The van der Waals surface area contributed by atoms with Gasteiger partial charge in [-0.3, -0.25) is 0 Å². The zero-order valence-corrected chi connectivity index (χ0v) is 12.8. The lowest BCUT2D eigenvalue weighted by atomic mass is 9.90. The van der Waals surface area contributed by atoms with Gasteiger partial charge in [0.2, 0.25) is 0 Å². The molecule has 2 rings (SSSR count). The van der Waals surface area contributed by atoms with Crippen LogP contribution in [-0.2, 0) is 12.0 Å². The summed E-state index contributed by atoms with van der Waals surface area (Å²) in [5.41, 5.74) is 1.88. The highest BCUT2D eigenvalue weighted by atomic mass is 16.3. The minimum absolute atomic E-state index is 0.0356. The zero-order valence-electron chi connectivity index (χ0n) is 12.8. The van der Waals surface area contributed by atoms with E-state index in [1.807, 2.05) is 12.1 Å². The Hall–Kier alpha value is -1.13. The van der Waals surface area contributed by atoms with Crippen LogP contribution in [0.2, 0.25) is 0 Å². The van der Waals surface area contributed by atoms with Gasteiger partial charge in [0.05, 0.1) is 6.61 Å². The van der Waals surface area contributed by atoms with E-state index in [-0.39, 0.29) is 18.6 Å². The van der Waals surface area contributed by atoms with Crippen molar-refractivity contribution in [3.05, 3.63) is 23.4 Å². The van der Waals surface area contributed by atoms with Crippen molar-refractivity contribution in [3.8, 4) is 0 Å². The Bertz CT molecular complexity index is 454. The van der Waals surface area contributed by atoms with Gasteiger partial charge in [0.25, 0.3) is 0 Å². The lowest BCUT2D eigenvalue weighted by Gasteiger charge is -2.33. The van der Waals surface area contributed by atoms with Crippen LogP contribution in [0.25, 0.3) is 0 Å². The van der Waals surface area contributed by atoms with Gasteiger partial charge in [0.15, 0.2) is 0 Å². The summed E-state index contributed by atoms with van der Waals surface area (Å²) in [7, 11) is 0. The first-order chi connectivity index (χ1) is 9.44. The minimum Gasteiger partial charge on any atom is -0.396 e. The Morgan fingerprint density at radius 1 is 1.30 bits per heavy atom. The van der Waals surface area contributed by atoms with Gasteiger partial charge in [-0.2, -0.15) is 0 Å². The number of aromatic nitrogens is 1. The molecule has 0 bridgehead atoms. The van der Waals surface area contributed by atoms with E-state index in [2.05, 4.69) is 25.7 Å². The van der Waals surface area contributed by atoms with Crippen molar-refractivity contribution >= 4 is 5.82 Å². The molecule has 112 valence electrons. The predicted molar refractivity (Wildman–Crippen MR) is 80.9 cm³/mol. The van der Waals surface area contributed by atoms with Crippen molar-refractivity contribution in [1.29, 1.82) is 0 Å². The molecule has 0 radical (unpaired) electrons. The normalized spacial score (nSPS) is 20.2. The third-order valence-electron chi connectivity index (χ3n) is 3.92. The molecule has 0 amide bonds. The molecular weight excluding hydrogens is 252 g/mol. The van der Waals surface area contributed by atoms with Crippen molar-refractivity contribution in [1.82, 2.24) is 4.98 Å². The highest BCUT2D eigenvalue weighted by Gasteiger charge is 2.23. The fourth-order valence-corrected chi connectivity index (χ4v) is 2.63. The quantitative estimate of drug-likeness (QED) is 0.889. The summed E-state index contributed by atoms with van der Waals surface area (Å²) in [5, 5.41) is 18.8. The third kappa shape index (κ3) is 3.49. The Morgan fingerprint density at radius 3 is 2.65 bits per heavy atom. The van der Waals surface area contributed by atoms with Crippen LogP contribution in [0.3, 0.4) is 0 Å². The molecule has 2 N–H and O–H groups in total. The van der Waals surface area contributed by atoms with E-state index in [0.717, 1.165) is 43.0 Å². The van der Waals surface area contributed by atoms with Gasteiger partial charge in [0, 0.05) is 30.8 Å². The third-order valence-corrected chi connectivity index (χ3v) is 3.92. The first kappa shape index (κ1) is 15.3. The highest BCUT2D eigenvalue weighted by molar-refractivity contribution is 5.44. The molecule has 1 fully saturated rings. The monoisotopic (exact) mass is 278 g/mol. The van der Waals surface area contributed by atoms with E-state index >= 15 is 0 Å². The molecule has 1 unspecified atom stereocenters. The summed E-state index contributed by atoms with van der Waals surface area (Å²) in [4.78, 5) is 7.01. The van der Waals surface area contributed by atoms with Gasteiger partial charge in [-0.05, 0) is 36.5 Å². The minimum atomic E-state index is -0.0356. The maximum atomic E-state index is 9.46. The van der Waals surface area contributed by atoms with Crippen LogP contribution >= 0.6 is 0 Å². The van der Waals surface area contributed by atoms with Crippen LogP contribution in [0.5, 0.6) is 0 Å². The molecule has 2 heterocycles. The first-order valence-corrected chi connectivity index (χ1v) is 7.42. The highest BCUT2D eigenvalue weighted by Crippen LogP contribution is 2.27. The number of aliphatic hydroxyl groups is 2. The second-order valence-electron chi connectivity index (χ2n) is 6.76. The van der Waals surface area contributed by atoms with E-state index in [1.54, 1.807) is 0 Å². The topological polar surface area (TPSA) is 56.6 Å². The molecule has 1 saturated heterocycles. The summed E-state index contributed by atoms with van der Waals surface area (Å²) in [5.74, 6) is 1.26. The van der Waals surface area contributed by atoms with Crippen LogP contribution in [0, 0.1) is 5.92 Å². The maximum absolute atomic E-state index is 9.46. The fourth-order valence-electron chi connectivity index (χ4n) is 2.63. The molecule has 1 aliphatic rings. The van der Waals surface area contributed by atoms with Gasteiger partial charge < -0.3 is 15.1 Å². The number of aliphatic hydroxyl groups excluding tert-OH is 2.